The number of phenolic OH excluding ortho intramolecular Hbond substituents is 1. The van der Waals surface area contributed by atoms with E-state index in [4.69, 9.17) is 0 Å². The number of carbonyl (C=O) groups is 1. The third-order valence-corrected chi connectivity index (χ3v) is 4.40. The molecule has 0 aliphatic carbocycles. The summed E-state index contributed by atoms with van der Waals surface area (Å²) in [7, 11) is 1.73. The average Bonchev–Trinajstić information content (AvgIpc) is 2.41. The minimum absolute atomic E-state index is 0.0567. The summed E-state index contributed by atoms with van der Waals surface area (Å²) in [4.78, 5) is 14.0. The van der Waals surface area contributed by atoms with Crippen LogP contribution in [0.15, 0.2) is 42.5 Å². The van der Waals surface area contributed by atoms with E-state index in [1.807, 2.05) is 25.1 Å². The smallest absolute Gasteiger partial charge is 0.259 e. The van der Waals surface area contributed by atoms with Gasteiger partial charge in [0.25, 0.3) is 5.91 Å². The van der Waals surface area contributed by atoms with Gasteiger partial charge in [-0.2, -0.15) is 0 Å². The maximum absolute atomic E-state index is 12.5. The fourth-order valence-electron chi connectivity index (χ4n) is 1.79. The Hall–Kier alpha value is -1.56. The van der Waals surface area contributed by atoms with Crippen LogP contribution in [0.25, 0.3) is 0 Å². The van der Waals surface area contributed by atoms with E-state index in [-0.39, 0.29) is 11.7 Å². The highest BCUT2D eigenvalue weighted by atomic mass is 127. The maximum atomic E-state index is 12.5. The van der Waals surface area contributed by atoms with Crippen molar-refractivity contribution in [2.45, 2.75) is 6.92 Å². The van der Waals surface area contributed by atoms with Crippen molar-refractivity contribution in [3.05, 3.63) is 57.2 Å². The molecule has 4 heteroatoms. The molecule has 1 N–H and O–H groups in total. The molecule has 0 radical (unpaired) electrons. The van der Waals surface area contributed by atoms with Crippen LogP contribution in [0.4, 0.5) is 5.69 Å². The third kappa shape index (κ3) is 2.89. The fourth-order valence-corrected chi connectivity index (χ4v) is 2.38. The molecule has 0 aliphatic rings. The van der Waals surface area contributed by atoms with Crippen molar-refractivity contribution in [3.63, 3.8) is 0 Å². The van der Waals surface area contributed by atoms with Crippen LogP contribution in [-0.4, -0.2) is 18.1 Å². The molecule has 0 aromatic heterocycles. The van der Waals surface area contributed by atoms with E-state index in [1.54, 1.807) is 36.2 Å². The number of carbonyl (C=O) groups excluding carboxylic acids is 1. The Morgan fingerprint density at radius 2 is 1.79 bits per heavy atom. The molecule has 2 rings (SSSR count). The summed E-state index contributed by atoms with van der Waals surface area (Å²) in [5.74, 6) is 0.133. The summed E-state index contributed by atoms with van der Waals surface area (Å²) < 4.78 is 0.968. The van der Waals surface area contributed by atoms with Gasteiger partial charge in [0, 0.05) is 16.3 Å². The second kappa shape index (κ2) is 5.61. The normalized spacial score (nSPS) is 10.3. The summed E-state index contributed by atoms with van der Waals surface area (Å²) in [5, 5.41) is 9.27. The van der Waals surface area contributed by atoms with Crippen LogP contribution in [-0.2, 0) is 0 Å². The summed E-state index contributed by atoms with van der Waals surface area (Å²) in [6, 6.07) is 12.3. The molecule has 1 amide bonds. The predicted octanol–water partition coefficient (Wildman–Crippen LogP) is 3.58. The first-order chi connectivity index (χ1) is 9.00. The van der Waals surface area contributed by atoms with Crippen LogP contribution in [0, 0.1) is 10.5 Å². The molecule has 0 atom stereocenters. The van der Waals surface area contributed by atoms with E-state index in [1.165, 1.54) is 0 Å². The van der Waals surface area contributed by atoms with E-state index in [2.05, 4.69) is 22.6 Å². The first-order valence-electron chi connectivity index (χ1n) is 5.83. The van der Waals surface area contributed by atoms with Gasteiger partial charge in [0.05, 0.1) is 5.56 Å². The molecular weight excluding hydrogens is 353 g/mol. The van der Waals surface area contributed by atoms with Gasteiger partial charge in [0.15, 0.2) is 0 Å². The molecule has 98 valence electrons. The molecule has 0 saturated carbocycles. The SMILES string of the molecule is Cc1cccc(C(=O)N(C)c2ccc(O)cc2)c1I. The van der Waals surface area contributed by atoms with Gasteiger partial charge in [-0.15, -0.1) is 0 Å². The highest BCUT2D eigenvalue weighted by molar-refractivity contribution is 14.1. The fraction of sp³-hybridized carbons (Fsp3) is 0.133. The van der Waals surface area contributed by atoms with Crippen LogP contribution < -0.4 is 4.90 Å². The molecule has 2 aromatic carbocycles. The van der Waals surface area contributed by atoms with Crippen molar-refractivity contribution in [2.75, 3.05) is 11.9 Å². The highest BCUT2D eigenvalue weighted by Gasteiger charge is 2.16. The number of amides is 1. The number of aromatic hydroxyl groups is 1. The van der Waals surface area contributed by atoms with E-state index >= 15 is 0 Å². The highest BCUT2D eigenvalue weighted by Crippen LogP contribution is 2.22. The maximum Gasteiger partial charge on any atom is 0.259 e. The van der Waals surface area contributed by atoms with Crippen LogP contribution in [0.1, 0.15) is 15.9 Å². The Balaban J connectivity index is 2.33. The molecule has 0 unspecified atom stereocenters. The third-order valence-electron chi connectivity index (χ3n) is 2.96. The van der Waals surface area contributed by atoms with Crippen molar-refractivity contribution in [1.29, 1.82) is 0 Å². The number of aryl methyl sites for hydroxylation is 1. The molecule has 0 bridgehead atoms. The topological polar surface area (TPSA) is 40.5 Å². The Morgan fingerprint density at radius 1 is 1.16 bits per heavy atom. The number of benzene rings is 2. The van der Waals surface area contributed by atoms with Gasteiger partial charge in [-0.3, -0.25) is 4.79 Å². The number of nitrogens with zero attached hydrogens (tertiary/aromatic N) is 1. The number of phenols is 1. The molecule has 0 saturated heterocycles. The largest absolute Gasteiger partial charge is 0.508 e. The number of halogens is 1. The quantitative estimate of drug-likeness (QED) is 0.825. The van der Waals surface area contributed by atoms with Crippen molar-refractivity contribution in [1.82, 2.24) is 0 Å². The Morgan fingerprint density at radius 3 is 2.42 bits per heavy atom. The molecule has 2 aromatic rings. The lowest BCUT2D eigenvalue weighted by Crippen LogP contribution is -2.27. The molecule has 3 nitrogen and oxygen atoms in total. The zero-order valence-corrected chi connectivity index (χ0v) is 12.9. The van der Waals surface area contributed by atoms with Gasteiger partial charge in [0.1, 0.15) is 5.75 Å². The second-order valence-electron chi connectivity index (χ2n) is 4.32. The van der Waals surface area contributed by atoms with Gasteiger partial charge in [-0.25, -0.2) is 0 Å². The molecule has 0 fully saturated rings. The summed E-state index contributed by atoms with van der Waals surface area (Å²) in [6.45, 7) is 1.99. The molecule has 0 aliphatic heterocycles. The second-order valence-corrected chi connectivity index (χ2v) is 5.40. The minimum Gasteiger partial charge on any atom is -0.508 e. The number of hydrogen-bond donors (Lipinski definition) is 1. The van der Waals surface area contributed by atoms with Gasteiger partial charge >= 0.3 is 0 Å². The zero-order valence-electron chi connectivity index (χ0n) is 10.7. The molecular formula is C15H14INO2. The van der Waals surface area contributed by atoms with Crippen LogP contribution in [0.5, 0.6) is 5.75 Å². The van der Waals surface area contributed by atoms with Crippen molar-refractivity contribution in [2.24, 2.45) is 0 Å². The number of anilines is 1. The summed E-state index contributed by atoms with van der Waals surface area (Å²) in [5.41, 5.74) is 2.53. The molecule has 19 heavy (non-hydrogen) atoms. The van der Waals surface area contributed by atoms with Gasteiger partial charge in [-0.1, -0.05) is 12.1 Å². The monoisotopic (exact) mass is 367 g/mol. The van der Waals surface area contributed by atoms with E-state index < -0.39 is 0 Å². The van der Waals surface area contributed by atoms with Crippen molar-refractivity contribution < 1.29 is 9.90 Å². The number of hydrogen-bond acceptors (Lipinski definition) is 2. The Labute approximate surface area is 126 Å². The van der Waals surface area contributed by atoms with Crippen LogP contribution in [0.3, 0.4) is 0 Å². The number of rotatable bonds is 2. The van der Waals surface area contributed by atoms with Gasteiger partial charge in [0.2, 0.25) is 0 Å². The predicted molar refractivity (Wildman–Crippen MR) is 84.7 cm³/mol. The lowest BCUT2D eigenvalue weighted by atomic mass is 10.1. The van der Waals surface area contributed by atoms with E-state index in [0.717, 1.165) is 14.8 Å². The standard InChI is InChI=1S/C15H14INO2/c1-10-4-3-5-13(14(10)16)15(19)17(2)11-6-8-12(18)9-7-11/h3-9,18H,1-2H3. The Kier molecular flexibility index (Phi) is 4.09. The summed E-state index contributed by atoms with van der Waals surface area (Å²) in [6.07, 6.45) is 0. The van der Waals surface area contributed by atoms with Crippen molar-refractivity contribution >= 4 is 34.2 Å². The first-order valence-corrected chi connectivity index (χ1v) is 6.91. The molecule has 0 spiro atoms. The first kappa shape index (κ1) is 13.9. The Bertz CT molecular complexity index is 608. The lowest BCUT2D eigenvalue weighted by molar-refractivity contribution is 0.0992. The molecule has 0 heterocycles. The van der Waals surface area contributed by atoms with Crippen LogP contribution in [0.2, 0.25) is 0 Å². The zero-order chi connectivity index (χ0) is 14.0. The van der Waals surface area contributed by atoms with E-state index in [0.29, 0.717) is 5.56 Å². The van der Waals surface area contributed by atoms with Gasteiger partial charge < -0.3 is 10.0 Å². The van der Waals surface area contributed by atoms with Gasteiger partial charge in [-0.05, 0) is 65.4 Å². The summed E-state index contributed by atoms with van der Waals surface area (Å²) >= 11 is 2.19. The van der Waals surface area contributed by atoms with Crippen LogP contribution >= 0.6 is 22.6 Å². The minimum atomic E-state index is -0.0567. The average molecular weight is 367 g/mol. The lowest BCUT2D eigenvalue weighted by Gasteiger charge is -2.18. The van der Waals surface area contributed by atoms with E-state index in [9.17, 15) is 9.90 Å². The van der Waals surface area contributed by atoms with Crippen molar-refractivity contribution in [3.8, 4) is 5.75 Å².